The highest BCUT2D eigenvalue weighted by molar-refractivity contribution is 7.13. The smallest absolute Gasteiger partial charge is 0.123 e. The predicted molar refractivity (Wildman–Crippen MR) is 104 cm³/mol. The average Bonchev–Trinajstić information content (AvgIpc) is 3.15. The first-order valence-electron chi connectivity index (χ1n) is 8.34. The third kappa shape index (κ3) is 4.40. The third-order valence-corrected chi connectivity index (χ3v) is 4.87. The van der Waals surface area contributed by atoms with Gasteiger partial charge in [-0.2, -0.15) is 5.26 Å². The van der Waals surface area contributed by atoms with Crippen LogP contribution in [0.2, 0.25) is 0 Å². The minimum atomic E-state index is 0.676. The fourth-order valence-electron chi connectivity index (χ4n) is 2.58. The van der Waals surface area contributed by atoms with Crippen molar-refractivity contribution in [1.82, 2.24) is 4.98 Å². The molecule has 124 valence electrons. The number of benzene rings is 2. The van der Waals surface area contributed by atoms with Gasteiger partial charge in [-0.15, -0.1) is 11.3 Å². The van der Waals surface area contributed by atoms with Gasteiger partial charge in [-0.25, -0.2) is 4.98 Å². The molecule has 25 heavy (non-hydrogen) atoms. The van der Waals surface area contributed by atoms with Crippen molar-refractivity contribution in [2.24, 2.45) is 4.99 Å². The van der Waals surface area contributed by atoms with E-state index >= 15 is 0 Å². The van der Waals surface area contributed by atoms with E-state index in [1.54, 1.807) is 11.3 Å². The number of rotatable bonds is 6. The maximum absolute atomic E-state index is 8.89. The fraction of sp³-hybridized carbons (Fsp3) is 0.190. The van der Waals surface area contributed by atoms with Crippen molar-refractivity contribution in [3.05, 3.63) is 76.8 Å². The van der Waals surface area contributed by atoms with E-state index in [2.05, 4.69) is 30.5 Å². The normalized spacial score (nSPS) is 11.3. The number of hydrogen-bond acceptors (Lipinski definition) is 4. The first-order valence-corrected chi connectivity index (χ1v) is 9.22. The minimum Gasteiger partial charge on any atom is -0.289 e. The molecule has 3 nitrogen and oxygen atoms in total. The Hall–Kier alpha value is -2.77. The van der Waals surface area contributed by atoms with Gasteiger partial charge < -0.3 is 0 Å². The molecule has 0 radical (unpaired) electrons. The van der Waals surface area contributed by atoms with Crippen molar-refractivity contribution in [2.45, 2.75) is 19.8 Å². The number of nitrogens with zero attached hydrogens (tertiary/aromatic N) is 3. The van der Waals surface area contributed by atoms with Gasteiger partial charge in [0.15, 0.2) is 0 Å². The highest BCUT2D eigenvalue weighted by atomic mass is 32.1. The quantitative estimate of drug-likeness (QED) is 0.582. The summed E-state index contributed by atoms with van der Waals surface area (Å²) in [4.78, 5) is 9.46. The van der Waals surface area contributed by atoms with Gasteiger partial charge in [0.05, 0.1) is 17.3 Å². The lowest BCUT2D eigenvalue weighted by molar-refractivity contribution is 0.931. The van der Waals surface area contributed by atoms with Gasteiger partial charge in [0, 0.05) is 29.6 Å². The summed E-state index contributed by atoms with van der Waals surface area (Å²) in [6.07, 6.45) is 1.71. The standard InChI is InChI=1S/C21H19N3S/c1-2-20(17-10-8-16(14-22)9-11-17)23-13-12-19-15-25-21(24-19)18-6-4-3-5-7-18/h3-11,15H,2,12-13H2,1H3. The Labute approximate surface area is 152 Å². The molecule has 0 bridgehead atoms. The van der Waals surface area contributed by atoms with Gasteiger partial charge in [-0.05, 0) is 24.1 Å². The lowest BCUT2D eigenvalue weighted by Crippen LogP contribution is -2.02. The number of nitriles is 1. The summed E-state index contributed by atoms with van der Waals surface area (Å²) in [6, 6.07) is 20.0. The van der Waals surface area contributed by atoms with Crippen LogP contribution in [0.4, 0.5) is 0 Å². The van der Waals surface area contributed by atoms with Gasteiger partial charge in [-0.1, -0.05) is 49.4 Å². The number of aliphatic imine (C=N–C) groups is 1. The van der Waals surface area contributed by atoms with Gasteiger partial charge in [0.1, 0.15) is 5.01 Å². The van der Waals surface area contributed by atoms with Gasteiger partial charge in [0.2, 0.25) is 0 Å². The molecule has 0 aliphatic rings. The Balaban J connectivity index is 1.65. The summed E-state index contributed by atoms with van der Waals surface area (Å²) in [5, 5.41) is 12.1. The molecule has 0 aliphatic heterocycles. The summed E-state index contributed by atoms with van der Waals surface area (Å²) in [6.45, 7) is 2.83. The summed E-state index contributed by atoms with van der Waals surface area (Å²) in [5.41, 5.74) is 5.08. The first kappa shape index (κ1) is 17.1. The number of hydrogen-bond donors (Lipinski definition) is 0. The van der Waals surface area contributed by atoms with E-state index in [1.807, 2.05) is 42.5 Å². The highest BCUT2D eigenvalue weighted by Gasteiger charge is 2.05. The lowest BCUT2D eigenvalue weighted by atomic mass is 10.1. The molecule has 0 unspecified atom stereocenters. The van der Waals surface area contributed by atoms with Gasteiger partial charge in [-0.3, -0.25) is 4.99 Å². The molecular weight excluding hydrogens is 326 g/mol. The molecule has 0 spiro atoms. The van der Waals surface area contributed by atoms with Gasteiger partial charge in [0.25, 0.3) is 0 Å². The monoisotopic (exact) mass is 345 g/mol. The average molecular weight is 345 g/mol. The van der Waals surface area contributed by atoms with Crippen LogP contribution in [0.25, 0.3) is 10.6 Å². The molecule has 0 saturated heterocycles. The summed E-state index contributed by atoms with van der Waals surface area (Å²) in [5.74, 6) is 0. The van der Waals surface area contributed by atoms with Crippen molar-refractivity contribution in [3.63, 3.8) is 0 Å². The molecular formula is C21H19N3S. The molecule has 3 rings (SSSR count). The van der Waals surface area contributed by atoms with Crippen LogP contribution >= 0.6 is 11.3 Å². The summed E-state index contributed by atoms with van der Waals surface area (Å²) < 4.78 is 0. The van der Waals surface area contributed by atoms with Crippen molar-refractivity contribution < 1.29 is 0 Å². The fourth-order valence-corrected chi connectivity index (χ4v) is 3.45. The molecule has 0 saturated carbocycles. The zero-order valence-corrected chi connectivity index (χ0v) is 15.0. The molecule has 0 amide bonds. The highest BCUT2D eigenvalue weighted by Crippen LogP contribution is 2.23. The Bertz CT molecular complexity index is 887. The van der Waals surface area contributed by atoms with Crippen molar-refractivity contribution in [1.29, 1.82) is 5.26 Å². The second kappa shape index (κ2) is 8.36. The SMILES string of the molecule is CCC(=NCCc1csc(-c2ccccc2)n1)c1ccc(C#N)cc1. The first-order chi connectivity index (χ1) is 12.3. The molecule has 4 heteroatoms. The second-order valence-electron chi connectivity index (χ2n) is 5.63. The van der Waals surface area contributed by atoms with Crippen LogP contribution in [-0.4, -0.2) is 17.2 Å². The van der Waals surface area contributed by atoms with Crippen LogP contribution in [-0.2, 0) is 6.42 Å². The van der Waals surface area contributed by atoms with Crippen LogP contribution in [0, 0.1) is 11.3 Å². The third-order valence-electron chi connectivity index (χ3n) is 3.93. The topological polar surface area (TPSA) is 49.0 Å². The maximum Gasteiger partial charge on any atom is 0.123 e. The Morgan fingerprint density at radius 3 is 2.56 bits per heavy atom. The molecule has 0 aliphatic carbocycles. The molecule has 0 N–H and O–H groups in total. The molecule has 0 atom stereocenters. The Morgan fingerprint density at radius 1 is 1.12 bits per heavy atom. The van der Waals surface area contributed by atoms with Crippen LogP contribution in [0.5, 0.6) is 0 Å². The molecule has 3 aromatic rings. The molecule has 1 heterocycles. The van der Waals surface area contributed by atoms with Crippen molar-refractivity contribution in [2.75, 3.05) is 6.54 Å². The summed E-state index contributed by atoms with van der Waals surface area (Å²) in [7, 11) is 0. The molecule has 0 fully saturated rings. The zero-order chi connectivity index (χ0) is 17.5. The van der Waals surface area contributed by atoms with Crippen LogP contribution in [0.3, 0.4) is 0 Å². The van der Waals surface area contributed by atoms with E-state index in [1.165, 1.54) is 0 Å². The van der Waals surface area contributed by atoms with Crippen LogP contribution in [0.15, 0.2) is 65.0 Å². The van der Waals surface area contributed by atoms with E-state index in [9.17, 15) is 0 Å². The zero-order valence-electron chi connectivity index (χ0n) is 14.1. The van der Waals surface area contributed by atoms with E-state index in [4.69, 9.17) is 15.2 Å². The number of thiazole rings is 1. The van der Waals surface area contributed by atoms with Crippen molar-refractivity contribution in [3.8, 4) is 16.6 Å². The largest absolute Gasteiger partial charge is 0.289 e. The predicted octanol–water partition coefficient (Wildman–Crippen LogP) is 5.12. The van der Waals surface area contributed by atoms with Gasteiger partial charge >= 0.3 is 0 Å². The second-order valence-corrected chi connectivity index (χ2v) is 6.49. The molecule has 2 aromatic carbocycles. The van der Waals surface area contributed by atoms with Crippen LogP contribution in [0.1, 0.15) is 30.2 Å². The van der Waals surface area contributed by atoms with E-state index in [0.29, 0.717) is 5.56 Å². The maximum atomic E-state index is 8.89. The molecule has 1 aromatic heterocycles. The Kier molecular flexibility index (Phi) is 5.71. The van der Waals surface area contributed by atoms with Crippen molar-refractivity contribution >= 4 is 17.0 Å². The lowest BCUT2D eigenvalue weighted by Gasteiger charge is -2.04. The summed E-state index contributed by atoms with van der Waals surface area (Å²) >= 11 is 1.68. The van der Waals surface area contributed by atoms with E-state index < -0.39 is 0 Å². The van der Waals surface area contributed by atoms with Crippen LogP contribution < -0.4 is 0 Å². The Morgan fingerprint density at radius 2 is 1.88 bits per heavy atom. The number of aromatic nitrogens is 1. The minimum absolute atomic E-state index is 0.676. The van der Waals surface area contributed by atoms with E-state index in [-0.39, 0.29) is 0 Å². The van der Waals surface area contributed by atoms with E-state index in [0.717, 1.165) is 46.9 Å².